The third-order valence-corrected chi connectivity index (χ3v) is 4.37. The molecule has 16 heavy (non-hydrogen) atoms. The van der Waals surface area contributed by atoms with Crippen molar-refractivity contribution in [1.29, 1.82) is 0 Å². The standard InChI is InChI=1S/C9H16N4O2S/c1-8-5-13(4-3-10-8)16(14,15)9-6-12(2)7-11-9/h6-8,10H,3-5H2,1-2H3/t8-/m0/s1. The van der Waals surface area contributed by atoms with Crippen molar-refractivity contribution in [2.24, 2.45) is 7.05 Å². The van der Waals surface area contributed by atoms with Crippen LogP contribution in [0.15, 0.2) is 17.6 Å². The smallest absolute Gasteiger partial charge is 0.262 e. The molecule has 0 aromatic carbocycles. The Balaban J connectivity index is 2.25. The monoisotopic (exact) mass is 244 g/mol. The van der Waals surface area contributed by atoms with Crippen molar-refractivity contribution < 1.29 is 8.42 Å². The van der Waals surface area contributed by atoms with E-state index >= 15 is 0 Å². The number of nitrogens with zero attached hydrogens (tertiary/aromatic N) is 3. The molecule has 0 bridgehead atoms. The van der Waals surface area contributed by atoms with Gasteiger partial charge in [0.1, 0.15) is 0 Å². The van der Waals surface area contributed by atoms with E-state index in [4.69, 9.17) is 0 Å². The number of hydrogen-bond acceptors (Lipinski definition) is 4. The van der Waals surface area contributed by atoms with Crippen LogP contribution >= 0.6 is 0 Å². The van der Waals surface area contributed by atoms with Crippen molar-refractivity contribution in [3.05, 3.63) is 12.5 Å². The van der Waals surface area contributed by atoms with Crippen LogP contribution in [0.25, 0.3) is 0 Å². The molecule has 0 aliphatic carbocycles. The highest BCUT2D eigenvalue weighted by Gasteiger charge is 2.29. The number of rotatable bonds is 2. The third kappa shape index (κ3) is 2.11. The van der Waals surface area contributed by atoms with Crippen LogP contribution in [-0.4, -0.2) is 48.0 Å². The van der Waals surface area contributed by atoms with Crippen molar-refractivity contribution in [3.8, 4) is 0 Å². The molecule has 6 nitrogen and oxygen atoms in total. The highest BCUT2D eigenvalue weighted by atomic mass is 32.2. The average Bonchev–Trinajstić information content (AvgIpc) is 2.65. The maximum atomic E-state index is 12.2. The first-order chi connectivity index (χ1) is 7.50. The van der Waals surface area contributed by atoms with Crippen LogP contribution in [0.3, 0.4) is 0 Å². The topological polar surface area (TPSA) is 67.2 Å². The van der Waals surface area contributed by atoms with Gasteiger partial charge in [-0.15, -0.1) is 0 Å². The summed E-state index contributed by atoms with van der Waals surface area (Å²) in [5.74, 6) is 0. The molecule has 0 spiro atoms. The predicted octanol–water partition coefficient (Wildman–Crippen LogP) is -0.597. The Bertz CT molecular complexity index is 468. The summed E-state index contributed by atoms with van der Waals surface area (Å²) in [6.07, 6.45) is 3.03. The molecular weight excluding hydrogens is 228 g/mol. The van der Waals surface area contributed by atoms with Crippen molar-refractivity contribution in [2.45, 2.75) is 18.0 Å². The van der Waals surface area contributed by atoms with E-state index in [9.17, 15) is 8.42 Å². The largest absolute Gasteiger partial charge is 0.339 e. The minimum atomic E-state index is -3.41. The molecule has 1 aromatic rings. The van der Waals surface area contributed by atoms with Gasteiger partial charge in [0.2, 0.25) is 0 Å². The number of sulfonamides is 1. The molecule has 1 saturated heterocycles. The highest BCUT2D eigenvalue weighted by molar-refractivity contribution is 7.89. The number of hydrogen-bond donors (Lipinski definition) is 1. The normalized spacial score (nSPS) is 23.5. The maximum Gasteiger partial charge on any atom is 0.262 e. The lowest BCUT2D eigenvalue weighted by atomic mass is 10.3. The average molecular weight is 244 g/mol. The number of nitrogens with one attached hydrogen (secondary N) is 1. The first kappa shape index (κ1) is 11.6. The molecule has 1 atom stereocenters. The second-order valence-corrected chi connectivity index (χ2v) is 5.98. The van der Waals surface area contributed by atoms with Gasteiger partial charge in [-0.3, -0.25) is 0 Å². The minimum Gasteiger partial charge on any atom is -0.339 e. The Morgan fingerprint density at radius 3 is 2.88 bits per heavy atom. The Kier molecular flexibility index (Phi) is 3.00. The fourth-order valence-corrected chi connectivity index (χ4v) is 3.27. The fraction of sp³-hybridized carbons (Fsp3) is 0.667. The van der Waals surface area contributed by atoms with Gasteiger partial charge in [0, 0.05) is 38.9 Å². The van der Waals surface area contributed by atoms with Crippen LogP contribution in [0.5, 0.6) is 0 Å². The molecule has 1 aromatic heterocycles. The van der Waals surface area contributed by atoms with E-state index in [0.717, 1.165) is 0 Å². The van der Waals surface area contributed by atoms with E-state index < -0.39 is 10.0 Å². The maximum absolute atomic E-state index is 12.2. The molecule has 90 valence electrons. The van der Waals surface area contributed by atoms with Crippen molar-refractivity contribution in [3.63, 3.8) is 0 Å². The SMILES string of the molecule is C[C@H]1CN(S(=O)(=O)c2cn(C)cn2)CCN1. The van der Waals surface area contributed by atoms with Crippen molar-refractivity contribution >= 4 is 10.0 Å². The number of piperazine rings is 1. The number of imidazole rings is 1. The molecule has 1 N–H and O–H groups in total. The van der Waals surface area contributed by atoms with Crippen molar-refractivity contribution in [1.82, 2.24) is 19.2 Å². The number of aromatic nitrogens is 2. The Morgan fingerprint density at radius 2 is 2.31 bits per heavy atom. The summed E-state index contributed by atoms with van der Waals surface area (Å²) < 4.78 is 27.5. The van der Waals surface area contributed by atoms with Gasteiger partial charge in [0.25, 0.3) is 10.0 Å². The molecular formula is C9H16N4O2S. The van der Waals surface area contributed by atoms with Crippen LogP contribution in [0.4, 0.5) is 0 Å². The lowest BCUT2D eigenvalue weighted by Gasteiger charge is -2.30. The van der Waals surface area contributed by atoms with Crippen LogP contribution in [0.2, 0.25) is 0 Å². The Morgan fingerprint density at radius 1 is 1.56 bits per heavy atom. The third-order valence-electron chi connectivity index (χ3n) is 2.62. The van der Waals surface area contributed by atoms with E-state index in [0.29, 0.717) is 19.6 Å². The zero-order valence-electron chi connectivity index (χ0n) is 9.42. The van der Waals surface area contributed by atoms with Gasteiger partial charge < -0.3 is 9.88 Å². The molecule has 1 aliphatic rings. The molecule has 1 fully saturated rings. The number of aryl methyl sites for hydroxylation is 1. The fourth-order valence-electron chi connectivity index (χ4n) is 1.77. The molecule has 0 unspecified atom stereocenters. The summed E-state index contributed by atoms with van der Waals surface area (Å²) in [7, 11) is -1.66. The van der Waals surface area contributed by atoms with Crippen LogP contribution in [0.1, 0.15) is 6.92 Å². The van der Waals surface area contributed by atoms with Crippen LogP contribution < -0.4 is 5.32 Å². The van der Waals surface area contributed by atoms with Crippen molar-refractivity contribution in [2.75, 3.05) is 19.6 Å². The van der Waals surface area contributed by atoms with Gasteiger partial charge in [0.15, 0.2) is 5.03 Å². The van der Waals surface area contributed by atoms with Gasteiger partial charge in [-0.25, -0.2) is 13.4 Å². The first-order valence-electron chi connectivity index (χ1n) is 5.21. The summed E-state index contributed by atoms with van der Waals surface area (Å²) in [4.78, 5) is 3.90. The predicted molar refractivity (Wildman–Crippen MR) is 59.4 cm³/mol. The zero-order valence-corrected chi connectivity index (χ0v) is 10.2. The van der Waals surface area contributed by atoms with E-state index in [1.807, 2.05) is 6.92 Å². The van der Waals surface area contributed by atoms with Crippen LogP contribution in [-0.2, 0) is 17.1 Å². The molecule has 2 rings (SSSR count). The highest BCUT2D eigenvalue weighted by Crippen LogP contribution is 2.14. The second-order valence-electron chi connectivity index (χ2n) is 4.10. The summed E-state index contributed by atoms with van der Waals surface area (Å²) in [5, 5.41) is 3.34. The second kappa shape index (κ2) is 4.15. The van der Waals surface area contributed by atoms with E-state index in [-0.39, 0.29) is 11.1 Å². The summed E-state index contributed by atoms with van der Waals surface area (Å²) in [6.45, 7) is 3.66. The van der Waals surface area contributed by atoms with E-state index in [1.54, 1.807) is 11.6 Å². The molecule has 2 heterocycles. The molecule has 0 amide bonds. The first-order valence-corrected chi connectivity index (χ1v) is 6.65. The minimum absolute atomic E-state index is 0.129. The molecule has 0 saturated carbocycles. The van der Waals surface area contributed by atoms with E-state index in [2.05, 4.69) is 10.3 Å². The van der Waals surface area contributed by atoms with Gasteiger partial charge in [0.05, 0.1) is 6.33 Å². The lowest BCUT2D eigenvalue weighted by molar-refractivity contribution is 0.309. The molecule has 0 radical (unpaired) electrons. The summed E-state index contributed by atoms with van der Waals surface area (Å²) in [5.41, 5.74) is 0. The van der Waals surface area contributed by atoms with Gasteiger partial charge in [-0.05, 0) is 6.92 Å². The van der Waals surface area contributed by atoms with Crippen LogP contribution in [0, 0.1) is 0 Å². The summed E-state index contributed by atoms with van der Waals surface area (Å²) >= 11 is 0. The lowest BCUT2D eigenvalue weighted by Crippen LogP contribution is -2.51. The Hall–Kier alpha value is -0.920. The molecule has 7 heteroatoms. The zero-order chi connectivity index (χ0) is 11.8. The van der Waals surface area contributed by atoms with E-state index in [1.165, 1.54) is 16.8 Å². The quantitative estimate of drug-likeness (QED) is 0.754. The van der Waals surface area contributed by atoms with Gasteiger partial charge in [-0.2, -0.15) is 4.31 Å². The van der Waals surface area contributed by atoms with Gasteiger partial charge >= 0.3 is 0 Å². The summed E-state index contributed by atoms with van der Waals surface area (Å²) in [6, 6.07) is 0.187. The van der Waals surface area contributed by atoms with Gasteiger partial charge in [-0.1, -0.05) is 0 Å². The molecule has 1 aliphatic heterocycles. The Labute approximate surface area is 95.3 Å².